The van der Waals surface area contributed by atoms with Gasteiger partial charge in [0.1, 0.15) is 17.1 Å². The Morgan fingerprint density at radius 3 is 2.41 bits per heavy atom. The lowest BCUT2D eigenvalue weighted by atomic mass is 9.72. The van der Waals surface area contributed by atoms with Crippen LogP contribution in [0.15, 0.2) is 72.3 Å². The fraction of sp³-hybridized carbons (Fsp3) is 0.353. The van der Waals surface area contributed by atoms with Crippen molar-refractivity contribution < 1.29 is 19.1 Å². The van der Waals surface area contributed by atoms with E-state index < -0.39 is 5.97 Å². The third-order valence-electron chi connectivity index (χ3n) is 8.17. The number of anilines is 1. The van der Waals surface area contributed by atoms with E-state index in [1.54, 1.807) is 30.3 Å². The zero-order valence-corrected chi connectivity index (χ0v) is 24.7. The number of carbonyl (C=O) groups excluding carboxylic acids is 2. The number of piperazine rings is 1. The zero-order chi connectivity index (χ0) is 29.0. The maximum Gasteiger partial charge on any atom is 0.341 e. The smallest absolute Gasteiger partial charge is 0.341 e. The Morgan fingerprint density at radius 1 is 0.976 bits per heavy atom. The molecule has 214 valence electrons. The van der Waals surface area contributed by atoms with Crippen molar-refractivity contribution in [1.29, 1.82) is 0 Å². The standard InChI is InChI=1S/C34H37ClN2O4/c1-34(2)15-14-25(30(21-34)24-8-10-27(35)11-9-24)22-36-16-18-37(19-17-36)28-12-13-29(33(39)40-3)32(20-28)41-31-7-5-4-6-26(31)23-38/h4-13,20,23H,14-19,21-22H2,1-3H3. The Bertz CT molecular complexity index is 1440. The maximum absolute atomic E-state index is 12.5. The molecule has 7 heteroatoms. The number of nitrogens with zero attached hydrogens (tertiary/aromatic N) is 2. The molecule has 1 saturated heterocycles. The molecule has 3 aromatic carbocycles. The van der Waals surface area contributed by atoms with Crippen molar-refractivity contribution in [2.24, 2.45) is 5.41 Å². The van der Waals surface area contributed by atoms with Gasteiger partial charge in [0.2, 0.25) is 0 Å². The van der Waals surface area contributed by atoms with Crippen LogP contribution in [0.25, 0.3) is 5.57 Å². The van der Waals surface area contributed by atoms with Crippen LogP contribution in [0, 0.1) is 5.41 Å². The lowest BCUT2D eigenvalue weighted by Crippen LogP contribution is -2.47. The molecule has 5 rings (SSSR count). The largest absolute Gasteiger partial charge is 0.465 e. The second-order valence-electron chi connectivity index (χ2n) is 11.6. The summed E-state index contributed by atoms with van der Waals surface area (Å²) in [6.07, 6.45) is 4.13. The molecule has 3 aromatic rings. The number of methoxy groups -OCH3 is 1. The number of benzene rings is 3. The number of para-hydroxylation sites is 1. The first-order valence-corrected chi connectivity index (χ1v) is 14.5. The minimum absolute atomic E-state index is 0.291. The molecule has 0 unspecified atom stereocenters. The molecule has 41 heavy (non-hydrogen) atoms. The third-order valence-corrected chi connectivity index (χ3v) is 8.42. The second-order valence-corrected chi connectivity index (χ2v) is 12.1. The molecule has 0 atom stereocenters. The Balaban J connectivity index is 1.32. The first-order chi connectivity index (χ1) is 19.8. The Hall–Kier alpha value is -3.61. The highest BCUT2D eigenvalue weighted by atomic mass is 35.5. The van der Waals surface area contributed by atoms with Crippen molar-refractivity contribution >= 4 is 35.1 Å². The molecule has 0 bridgehead atoms. The number of esters is 1. The van der Waals surface area contributed by atoms with Gasteiger partial charge in [0.25, 0.3) is 0 Å². The molecule has 1 aliphatic heterocycles. The predicted molar refractivity (Wildman–Crippen MR) is 164 cm³/mol. The molecule has 1 fully saturated rings. The summed E-state index contributed by atoms with van der Waals surface area (Å²) in [6.45, 7) is 9.28. The monoisotopic (exact) mass is 572 g/mol. The van der Waals surface area contributed by atoms with E-state index in [-0.39, 0.29) is 0 Å². The van der Waals surface area contributed by atoms with Crippen molar-refractivity contribution in [2.45, 2.75) is 33.1 Å². The van der Waals surface area contributed by atoms with Crippen molar-refractivity contribution in [3.63, 3.8) is 0 Å². The first-order valence-electron chi connectivity index (χ1n) is 14.1. The average molecular weight is 573 g/mol. The number of hydrogen-bond acceptors (Lipinski definition) is 6. The van der Waals surface area contributed by atoms with Crippen LogP contribution in [0.4, 0.5) is 5.69 Å². The van der Waals surface area contributed by atoms with E-state index in [4.69, 9.17) is 21.1 Å². The lowest BCUT2D eigenvalue weighted by Gasteiger charge is -2.39. The van der Waals surface area contributed by atoms with Gasteiger partial charge in [-0.2, -0.15) is 0 Å². The van der Waals surface area contributed by atoms with Crippen molar-refractivity contribution in [3.05, 3.63) is 94.0 Å². The number of rotatable bonds is 8. The molecule has 0 saturated carbocycles. The molecule has 1 aliphatic carbocycles. The van der Waals surface area contributed by atoms with Gasteiger partial charge in [-0.25, -0.2) is 4.79 Å². The van der Waals surface area contributed by atoms with Gasteiger partial charge in [0, 0.05) is 49.5 Å². The van der Waals surface area contributed by atoms with Crippen LogP contribution in [-0.2, 0) is 4.74 Å². The van der Waals surface area contributed by atoms with Crippen LogP contribution in [0.5, 0.6) is 11.5 Å². The van der Waals surface area contributed by atoms with Crippen molar-refractivity contribution in [2.75, 3.05) is 44.7 Å². The number of aldehydes is 1. The third kappa shape index (κ3) is 6.83. The highest BCUT2D eigenvalue weighted by Crippen LogP contribution is 2.43. The first kappa shape index (κ1) is 28.9. The van der Waals surface area contributed by atoms with E-state index in [2.05, 4.69) is 35.8 Å². The summed E-state index contributed by atoms with van der Waals surface area (Å²) in [5, 5.41) is 0.767. The molecular weight excluding hydrogens is 536 g/mol. The molecular formula is C34H37ClN2O4. The van der Waals surface area contributed by atoms with Gasteiger partial charge >= 0.3 is 5.97 Å². The van der Waals surface area contributed by atoms with E-state index in [1.807, 2.05) is 24.3 Å². The van der Waals surface area contributed by atoms with Crippen LogP contribution in [-0.4, -0.2) is 57.0 Å². The molecule has 6 nitrogen and oxygen atoms in total. The normalized spacial score (nSPS) is 17.3. The lowest BCUT2D eigenvalue weighted by molar-refractivity contribution is 0.0598. The second kappa shape index (κ2) is 12.5. The van der Waals surface area contributed by atoms with Gasteiger partial charge in [-0.15, -0.1) is 0 Å². The van der Waals surface area contributed by atoms with Crippen LogP contribution in [0.2, 0.25) is 5.02 Å². The minimum Gasteiger partial charge on any atom is -0.465 e. The molecule has 0 spiro atoms. The SMILES string of the molecule is COC(=O)c1ccc(N2CCN(CC3=C(c4ccc(Cl)cc4)CC(C)(C)CC3)CC2)cc1Oc1ccccc1C=O. The maximum atomic E-state index is 12.5. The Morgan fingerprint density at radius 2 is 1.71 bits per heavy atom. The average Bonchev–Trinajstić information content (AvgIpc) is 2.98. The van der Waals surface area contributed by atoms with Crippen molar-refractivity contribution in [3.8, 4) is 11.5 Å². The highest BCUT2D eigenvalue weighted by Gasteiger charge is 2.29. The summed E-state index contributed by atoms with van der Waals surface area (Å²) in [6, 6.07) is 20.8. The Kier molecular flexibility index (Phi) is 8.81. The van der Waals surface area contributed by atoms with Gasteiger partial charge in [-0.3, -0.25) is 9.69 Å². The summed E-state index contributed by atoms with van der Waals surface area (Å²) in [4.78, 5) is 28.9. The van der Waals surface area contributed by atoms with E-state index >= 15 is 0 Å². The summed E-state index contributed by atoms with van der Waals surface area (Å²) in [7, 11) is 1.35. The van der Waals surface area contributed by atoms with E-state index in [0.29, 0.717) is 28.0 Å². The van der Waals surface area contributed by atoms with Crippen LogP contribution in [0.1, 0.15) is 59.4 Å². The molecule has 2 aliphatic rings. The molecule has 1 heterocycles. The van der Waals surface area contributed by atoms with Gasteiger partial charge in [0.15, 0.2) is 6.29 Å². The van der Waals surface area contributed by atoms with E-state index in [1.165, 1.54) is 30.2 Å². The quantitative estimate of drug-likeness (QED) is 0.205. The Labute approximate surface area is 247 Å². The number of carbonyl (C=O) groups is 2. The van der Waals surface area contributed by atoms with E-state index in [0.717, 1.165) is 62.6 Å². The fourth-order valence-electron chi connectivity index (χ4n) is 5.76. The topological polar surface area (TPSA) is 59.1 Å². The van der Waals surface area contributed by atoms with Crippen molar-refractivity contribution in [1.82, 2.24) is 4.90 Å². The summed E-state index contributed by atoms with van der Waals surface area (Å²) in [5.41, 5.74) is 6.28. The molecule has 0 N–H and O–H groups in total. The molecule has 0 amide bonds. The minimum atomic E-state index is -0.486. The van der Waals surface area contributed by atoms with Gasteiger partial charge in [-0.1, -0.05) is 55.3 Å². The van der Waals surface area contributed by atoms with E-state index in [9.17, 15) is 9.59 Å². The predicted octanol–water partition coefficient (Wildman–Crippen LogP) is 7.52. The fourth-order valence-corrected chi connectivity index (χ4v) is 5.88. The molecule has 0 aromatic heterocycles. The van der Waals surface area contributed by atoms with Crippen LogP contribution in [0.3, 0.4) is 0 Å². The zero-order valence-electron chi connectivity index (χ0n) is 24.0. The summed E-state index contributed by atoms with van der Waals surface area (Å²) >= 11 is 6.18. The number of ether oxygens (including phenoxy) is 2. The number of allylic oxidation sites excluding steroid dienone is 1. The summed E-state index contributed by atoms with van der Waals surface area (Å²) in [5.74, 6) is 0.282. The van der Waals surface area contributed by atoms with Crippen LogP contribution < -0.4 is 9.64 Å². The number of hydrogen-bond donors (Lipinski definition) is 0. The van der Waals surface area contributed by atoms with Crippen LogP contribution >= 0.6 is 11.6 Å². The highest BCUT2D eigenvalue weighted by molar-refractivity contribution is 6.30. The van der Waals surface area contributed by atoms with Gasteiger partial charge in [-0.05, 0) is 72.2 Å². The van der Waals surface area contributed by atoms with Gasteiger partial charge in [0.05, 0.1) is 12.7 Å². The number of halogens is 1. The van der Waals surface area contributed by atoms with Gasteiger partial charge < -0.3 is 14.4 Å². The molecule has 0 radical (unpaired) electrons. The summed E-state index contributed by atoms with van der Waals surface area (Å²) < 4.78 is 11.1.